The maximum atomic E-state index is 5.60. The lowest BCUT2D eigenvalue weighted by Crippen LogP contribution is -2.30. The highest BCUT2D eigenvalue weighted by molar-refractivity contribution is 4.83. The van der Waals surface area contributed by atoms with Crippen molar-refractivity contribution in [2.24, 2.45) is 0 Å². The van der Waals surface area contributed by atoms with Crippen LogP contribution in [0.5, 0.6) is 0 Å². The van der Waals surface area contributed by atoms with Crippen LogP contribution in [-0.4, -0.2) is 25.3 Å². The molecule has 2 heteroatoms. The van der Waals surface area contributed by atoms with E-state index >= 15 is 0 Å². The molecule has 0 saturated carbocycles. The van der Waals surface area contributed by atoms with Gasteiger partial charge in [-0.15, -0.1) is 12.3 Å². The van der Waals surface area contributed by atoms with Crippen molar-refractivity contribution in [2.45, 2.75) is 57.6 Å². The fourth-order valence-corrected chi connectivity index (χ4v) is 2.01. The van der Waals surface area contributed by atoms with Gasteiger partial charge in [0.1, 0.15) is 0 Å². The Kier molecular flexibility index (Phi) is 6.47. The van der Waals surface area contributed by atoms with Gasteiger partial charge in [-0.05, 0) is 45.6 Å². The standard InChI is InChI=1S/C13H23NO/c1-3-4-5-6-9-14-12(2)11-13-8-7-10-15-13/h1,12-14H,4-11H2,2H3. The van der Waals surface area contributed by atoms with Crippen molar-refractivity contribution in [3.05, 3.63) is 0 Å². The van der Waals surface area contributed by atoms with Gasteiger partial charge in [0.05, 0.1) is 6.10 Å². The number of terminal acetylenes is 1. The Labute approximate surface area is 93.8 Å². The molecule has 1 N–H and O–H groups in total. The Morgan fingerprint density at radius 2 is 2.40 bits per heavy atom. The van der Waals surface area contributed by atoms with Crippen molar-refractivity contribution in [1.29, 1.82) is 0 Å². The predicted octanol–water partition coefficient (Wildman–Crippen LogP) is 2.34. The molecule has 1 saturated heterocycles. The molecule has 0 aromatic heterocycles. The SMILES string of the molecule is C#CCCCCNC(C)CC1CCCO1. The maximum absolute atomic E-state index is 5.60. The van der Waals surface area contributed by atoms with Crippen LogP contribution in [0.25, 0.3) is 0 Å². The lowest BCUT2D eigenvalue weighted by atomic mass is 10.1. The number of hydrogen-bond acceptors (Lipinski definition) is 2. The van der Waals surface area contributed by atoms with Crippen LogP contribution in [0.1, 0.15) is 45.4 Å². The summed E-state index contributed by atoms with van der Waals surface area (Å²) in [4.78, 5) is 0. The molecule has 0 aromatic rings. The van der Waals surface area contributed by atoms with Crippen LogP contribution in [0.15, 0.2) is 0 Å². The summed E-state index contributed by atoms with van der Waals surface area (Å²) < 4.78 is 5.60. The van der Waals surface area contributed by atoms with Crippen LogP contribution in [-0.2, 0) is 4.74 Å². The van der Waals surface area contributed by atoms with Crippen LogP contribution in [0.4, 0.5) is 0 Å². The molecule has 0 spiro atoms. The topological polar surface area (TPSA) is 21.3 Å². The van der Waals surface area contributed by atoms with Gasteiger partial charge in [-0.1, -0.05) is 0 Å². The fraction of sp³-hybridized carbons (Fsp3) is 0.846. The summed E-state index contributed by atoms with van der Waals surface area (Å²) in [5.41, 5.74) is 0. The van der Waals surface area contributed by atoms with Gasteiger partial charge < -0.3 is 10.1 Å². The maximum Gasteiger partial charge on any atom is 0.0590 e. The van der Waals surface area contributed by atoms with Crippen molar-refractivity contribution in [1.82, 2.24) is 5.32 Å². The molecule has 86 valence electrons. The Morgan fingerprint density at radius 1 is 1.53 bits per heavy atom. The summed E-state index contributed by atoms with van der Waals surface area (Å²) in [6.07, 6.45) is 12.5. The minimum absolute atomic E-state index is 0.498. The molecular formula is C13H23NO. The summed E-state index contributed by atoms with van der Waals surface area (Å²) in [7, 11) is 0. The third-order valence-electron chi connectivity index (χ3n) is 2.88. The molecule has 15 heavy (non-hydrogen) atoms. The van der Waals surface area contributed by atoms with Crippen LogP contribution in [0.3, 0.4) is 0 Å². The Bertz CT molecular complexity index is 191. The van der Waals surface area contributed by atoms with Crippen molar-refractivity contribution in [3.63, 3.8) is 0 Å². The average Bonchev–Trinajstić information content (AvgIpc) is 2.70. The van der Waals surface area contributed by atoms with Gasteiger partial charge in [-0.3, -0.25) is 0 Å². The highest BCUT2D eigenvalue weighted by Crippen LogP contribution is 2.16. The largest absolute Gasteiger partial charge is 0.378 e. The van der Waals surface area contributed by atoms with Crippen molar-refractivity contribution < 1.29 is 4.74 Å². The van der Waals surface area contributed by atoms with Gasteiger partial charge >= 0.3 is 0 Å². The Morgan fingerprint density at radius 3 is 3.07 bits per heavy atom. The third-order valence-corrected chi connectivity index (χ3v) is 2.88. The summed E-state index contributed by atoms with van der Waals surface area (Å²) in [6, 6.07) is 0.568. The van der Waals surface area contributed by atoms with E-state index in [2.05, 4.69) is 18.2 Å². The van der Waals surface area contributed by atoms with Crippen molar-refractivity contribution in [3.8, 4) is 12.3 Å². The predicted molar refractivity (Wildman–Crippen MR) is 63.7 cm³/mol. The molecule has 1 fully saturated rings. The van der Waals surface area contributed by atoms with Gasteiger partial charge in [-0.25, -0.2) is 0 Å². The first-order valence-corrected chi connectivity index (χ1v) is 6.11. The quantitative estimate of drug-likeness (QED) is 0.513. The molecule has 2 nitrogen and oxygen atoms in total. The molecule has 2 atom stereocenters. The first-order chi connectivity index (χ1) is 7.33. The van der Waals surface area contributed by atoms with Gasteiger partial charge in [0.2, 0.25) is 0 Å². The minimum Gasteiger partial charge on any atom is -0.378 e. The van der Waals surface area contributed by atoms with E-state index in [9.17, 15) is 0 Å². The van der Waals surface area contributed by atoms with Crippen LogP contribution in [0, 0.1) is 12.3 Å². The van der Waals surface area contributed by atoms with Crippen LogP contribution < -0.4 is 5.32 Å². The first-order valence-electron chi connectivity index (χ1n) is 6.11. The van der Waals surface area contributed by atoms with E-state index in [1.54, 1.807) is 0 Å². The van der Waals surface area contributed by atoms with E-state index in [1.165, 1.54) is 19.3 Å². The molecule has 1 rings (SSSR count). The van der Waals surface area contributed by atoms with Gasteiger partial charge in [0.25, 0.3) is 0 Å². The van der Waals surface area contributed by atoms with Crippen molar-refractivity contribution in [2.75, 3.05) is 13.2 Å². The lowest BCUT2D eigenvalue weighted by Gasteiger charge is -2.17. The van der Waals surface area contributed by atoms with E-state index in [0.717, 1.165) is 32.4 Å². The second-order valence-corrected chi connectivity index (χ2v) is 4.39. The second-order valence-electron chi connectivity index (χ2n) is 4.39. The number of unbranched alkanes of at least 4 members (excludes halogenated alkanes) is 2. The highest BCUT2D eigenvalue weighted by Gasteiger charge is 2.17. The number of ether oxygens (including phenoxy) is 1. The zero-order valence-corrected chi connectivity index (χ0v) is 9.80. The molecule has 1 aliphatic rings. The molecule has 0 aliphatic carbocycles. The van der Waals surface area contributed by atoms with Crippen LogP contribution >= 0.6 is 0 Å². The fourth-order valence-electron chi connectivity index (χ4n) is 2.01. The smallest absolute Gasteiger partial charge is 0.0590 e. The Hall–Kier alpha value is -0.520. The summed E-state index contributed by atoms with van der Waals surface area (Å²) in [6.45, 7) is 4.28. The molecule has 1 heterocycles. The van der Waals surface area contributed by atoms with Gasteiger partial charge in [0.15, 0.2) is 0 Å². The molecule has 1 aliphatic heterocycles. The summed E-state index contributed by atoms with van der Waals surface area (Å²) in [5.74, 6) is 2.67. The summed E-state index contributed by atoms with van der Waals surface area (Å²) in [5, 5.41) is 3.52. The van der Waals surface area contributed by atoms with E-state index in [4.69, 9.17) is 11.2 Å². The lowest BCUT2D eigenvalue weighted by molar-refractivity contribution is 0.0963. The number of hydrogen-bond donors (Lipinski definition) is 1. The average molecular weight is 209 g/mol. The molecule has 0 aromatic carbocycles. The van der Waals surface area contributed by atoms with Gasteiger partial charge in [-0.2, -0.15) is 0 Å². The molecule has 0 bridgehead atoms. The third kappa shape index (κ3) is 5.81. The van der Waals surface area contributed by atoms with Crippen molar-refractivity contribution >= 4 is 0 Å². The van der Waals surface area contributed by atoms with E-state index in [-0.39, 0.29) is 0 Å². The minimum atomic E-state index is 0.498. The molecule has 0 radical (unpaired) electrons. The monoisotopic (exact) mass is 209 g/mol. The van der Waals surface area contributed by atoms with E-state index < -0.39 is 0 Å². The molecule has 2 unspecified atom stereocenters. The number of nitrogens with one attached hydrogen (secondary N) is 1. The Balaban J connectivity index is 1.93. The second kappa shape index (κ2) is 7.73. The summed E-state index contributed by atoms with van der Waals surface area (Å²) >= 11 is 0. The van der Waals surface area contributed by atoms with E-state index in [0.29, 0.717) is 12.1 Å². The van der Waals surface area contributed by atoms with Gasteiger partial charge in [0, 0.05) is 19.1 Å². The number of rotatable bonds is 7. The van der Waals surface area contributed by atoms with Crippen LogP contribution in [0.2, 0.25) is 0 Å². The zero-order chi connectivity index (χ0) is 10.9. The van der Waals surface area contributed by atoms with E-state index in [1.807, 2.05) is 0 Å². The zero-order valence-electron chi connectivity index (χ0n) is 9.80. The molecule has 0 amide bonds. The first kappa shape index (κ1) is 12.5. The highest BCUT2D eigenvalue weighted by atomic mass is 16.5. The molecular weight excluding hydrogens is 186 g/mol. The normalized spacial score (nSPS) is 22.5.